The second-order valence-corrected chi connectivity index (χ2v) is 9.89. The lowest BCUT2D eigenvalue weighted by Crippen LogP contribution is -2.03. The number of hydrogen-bond acceptors (Lipinski definition) is 3. The first-order valence-corrected chi connectivity index (χ1v) is 11.5. The maximum atomic E-state index is 4.97. The third-order valence-corrected chi connectivity index (χ3v) is 6.88. The number of imidazole rings is 3. The summed E-state index contributed by atoms with van der Waals surface area (Å²) in [5, 5.41) is 0. The quantitative estimate of drug-likeness (QED) is 0.208. The number of fused-ring (bicyclic) bond motifs is 12. The fourth-order valence-corrected chi connectivity index (χ4v) is 5.21. The average Bonchev–Trinajstić information content (AvgIpc) is 3.36. The third-order valence-electron chi connectivity index (χ3n) is 5.40. The van der Waals surface area contributed by atoms with E-state index in [9.17, 15) is 0 Å². The molecule has 0 aliphatic heterocycles. The van der Waals surface area contributed by atoms with Crippen LogP contribution in [0.4, 0.5) is 0 Å². The van der Waals surface area contributed by atoms with Crippen LogP contribution in [-0.4, -0.2) is 28.2 Å². The highest BCUT2D eigenvalue weighted by atomic mass is 79.9. The monoisotopic (exact) mass is 582 g/mol. The number of nitrogens with zero attached hydrogens (tertiary/aromatic N) is 6. The Hall–Kier alpha value is -2.49. The summed E-state index contributed by atoms with van der Waals surface area (Å²) in [6, 6.07) is 18.4. The Bertz CT molecular complexity index is 1600. The lowest BCUT2D eigenvalue weighted by molar-refractivity contribution is 1.01. The van der Waals surface area contributed by atoms with Crippen LogP contribution in [0.5, 0.6) is 0 Å². The molecule has 7 aromatic rings. The molecule has 30 heavy (non-hydrogen) atoms. The molecule has 0 amide bonds. The number of hydrogen-bond donors (Lipinski definition) is 0. The maximum absolute atomic E-state index is 4.97. The summed E-state index contributed by atoms with van der Waals surface area (Å²) in [5.74, 6) is 2.35. The molecule has 0 aliphatic carbocycles. The van der Waals surface area contributed by atoms with Crippen molar-refractivity contribution in [1.29, 1.82) is 0 Å². The normalized spacial score (nSPS) is 12.5. The molecule has 0 saturated carbocycles. The van der Waals surface area contributed by atoms with Gasteiger partial charge in [0.15, 0.2) is 0 Å². The van der Waals surface area contributed by atoms with Crippen LogP contribution in [0, 0.1) is 0 Å². The molecule has 6 nitrogen and oxygen atoms in total. The number of rotatable bonds is 0. The summed E-state index contributed by atoms with van der Waals surface area (Å²) in [4.78, 5) is 14.9. The van der Waals surface area contributed by atoms with Crippen molar-refractivity contribution in [1.82, 2.24) is 28.2 Å². The van der Waals surface area contributed by atoms with Gasteiger partial charge in [-0.3, -0.25) is 0 Å². The molecule has 0 spiro atoms. The number of halogens is 3. The number of benzene rings is 3. The second kappa shape index (κ2) is 5.81. The van der Waals surface area contributed by atoms with Crippen molar-refractivity contribution in [2.45, 2.75) is 0 Å². The maximum Gasteiger partial charge on any atom is 0.225 e. The van der Waals surface area contributed by atoms with E-state index < -0.39 is 0 Å². The average molecular weight is 585 g/mol. The fraction of sp³-hybridized carbons (Fsp3) is 0. The van der Waals surface area contributed by atoms with Crippen molar-refractivity contribution in [3.8, 4) is 0 Å². The summed E-state index contributed by atoms with van der Waals surface area (Å²) >= 11 is 10.7. The van der Waals surface area contributed by atoms with Crippen molar-refractivity contribution in [2.24, 2.45) is 0 Å². The Morgan fingerprint density at radius 2 is 0.767 bits per heavy atom. The smallest absolute Gasteiger partial charge is 0.225 e. The first-order chi connectivity index (χ1) is 14.6. The third kappa shape index (κ3) is 2.15. The van der Waals surface area contributed by atoms with Gasteiger partial charge in [-0.2, -0.15) is 0 Å². The molecule has 4 aromatic heterocycles. The molecule has 3 aromatic carbocycles. The van der Waals surface area contributed by atoms with Crippen LogP contribution in [0.15, 0.2) is 68.0 Å². The van der Waals surface area contributed by atoms with Gasteiger partial charge >= 0.3 is 0 Å². The molecule has 7 rings (SSSR count). The summed E-state index contributed by atoms with van der Waals surface area (Å²) < 4.78 is 9.27. The molecule has 144 valence electrons. The van der Waals surface area contributed by atoms with E-state index in [0.717, 1.165) is 63.9 Å². The van der Waals surface area contributed by atoms with Gasteiger partial charge < -0.3 is 0 Å². The van der Waals surface area contributed by atoms with E-state index in [1.807, 2.05) is 36.4 Å². The molecule has 0 atom stereocenters. The molecule has 0 aliphatic rings. The molecule has 0 fully saturated rings. The molecule has 0 N–H and O–H groups in total. The van der Waals surface area contributed by atoms with Crippen LogP contribution < -0.4 is 0 Å². The second-order valence-electron chi connectivity index (χ2n) is 7.14. The highest BCUT2D eigenvalue weighted by Gasteiger charge is 2.20. The van der Waals surface area contributed by atoms with Crippen LogP contribution in [0.2, 0.25) is 0 Å². The lowest BCUT2D eigenvalue weighted by atomic mass is 10.3. The Labute approximate surface area is 193 Å². The molecule has 4 heterocycles. The van der Waals surface area contributed by atoms with Crippen LogP contribution in [0.1, 0.15) is 0 Å². The van der Waals surface area contributed by atoms with E-state index in [1.165, 1.54) is 0 Å². The molecule has 0 radical (unpaired) electrons. The zero-order valence-electron chi connectivity index (χ0n) is 15.0. The Balaban J connectivity index is 1.88. The van der Waals surface area contributed by atoms with E-state index in [2.05, 4.69) is 79.2 Å². The standard InChI is InChI=1S/C21H9Br3N6/c22-10-1-4-16-13(7-10)25-19-28(16)20-26-14-8-11(23)2-5-17(14)30(20)21-27-15-9-12(24)3-6-18(15)29(19)21/h1-9H. The summed E-state index contributed by atoms with van der Waals surface area (Å²) in [5.41, 5.74) is 5.67. The first-order valence-electron chi connectivity index (χ1n) is 9.14. The van der Waals surface area contributed by atoms with Gasteiger partial charge in [-0.25, -0.2) is 28.2 Å². The Kier molecular flexibility index (Phi) is 3.33. The molecule has 9 heteroatoms. The van der Waals surface area contributed by atoms with Crippen LogP contribution in [0.3, 0.4) is 0 Å². The molecule has 0 unspecified atom stereocenters. The molecular formula is C21H9Br3N6. The predicted octanol–water partition coefficient (Wildman–Crippen LogP) is 6.38. The Morgan fingerprint density at radius 3 is 1.07 bits per heavy atom. The highest BCUT2D eigenvalue weighted by Crippen LogP contribution is 2.30. The van der Waals surface area contributed by atoms with Crippen molar-refractivity contribution in [3.05, 3.63) is 68.0 Å². The largest absolute Gasteiger partial charge is 0.247 e. The molecular weight excluding hydrogens is 576 g/mol. The zero-order chi connectivity index (χ0) is 20.1. The number of aromatic nitrogens is 6. The van der Waals surface area contributed by atoms with E-state index >= 15 is 0 Å². The van der Waals surface area contributed by atoms with Gasteiger partial charge in [0, 0.05) is 13.4 Å². The fourth-order valence-electron chi connectivity index (χ4n) is 4.16. The van der Waals surface area contributed by atoms with Gasteiger partial charge in [0.1, 0.15) is 0 Å². The van der Waals surface area contributed by atoms with Gasteiger partial charge in [0.25, 0.3) is 0 Å². The molecule has 0 saturated heterocycles. The van der Waals surface area contributed by atoms with Crippen molar-refractivity contribution in [3.63, 3.8) is 0 Å². The van der Waals surface area contributed by atoms with Crippen LogP contribution >= 0.6 is 47.8 Å². The van der Waals surface area contributed by atoms with Crippen LogP contribution in [0.25, 0.3) is 50.4 Å². The van der Waals surface area contributed by atoms with Gasteiger partial charge in [0.2, 0.25) is 17.3 Å². The highest BCUT2D eigenvalue weighted by molar-refractivity contribution is 9.11. The van der Waals surface area contributed by atoms with Crippen molar-refractivity contribution in [2.75, 3.05) is 0 Å². The van der Waals surface area contributed by atoms with Crippen LogP contribution in [-0.2, 0) is 0 Å². The minimum atomic E-state index is 0.782. The van der Waals surface area contributed by atoms with E-state index in [0.29, 0.717) is 0 Å². The lowest BCUT2D eigenvalue weighted by Gasteiger charge is -2.05. The topological polar surface area (TPSA) is 51.9 Å². The van der Waals surface area contributed by atoms with Crippen molar-refractivity contribution >= 4 is 98.2 Å². The SMILES string of the molecule is Brc1ccc2c(c1)nc1n2c2nc3cc(Br)ccc3n2c2nc3cc(Br)ccc3n12. The van der Waals surface area contributed by atoms with Gasteiger partial charge in [-0.15, -0.1) is 0 Å². The summed E-state index contributed by atoms with van der Waals surface area (Å²) in [6.45, 7) is 0. The predicted molar refractivity (Wildman–Crippen MR) is 128 cm³/mol. The summed E-state index contributed by atoms with van der Waals surface area (Å²) in [6.07, 6.45) is 0. The van der Waals surface area contributed by atoms with Gasteiger partial charge in [-0.05, 0) is 54.6 Å². The first kappa shape index (κ1) is 17.2. The minimum Gasteiger partial charge on any atom is -0.247 e. The molecule has 0 bridgehead atoms. The summed E-state index contributed by atoms with van der Waals surface area (Å²) in [7, 11) is 0. The van der Waals surface area contributed by atoms with E-state index in [-0.39, 0.29) is 0 Å². The van der Waals surface area contributed by atoms with Gasteiger partial charge in [0.05, 0.1) is 33.1 Å². The minimum absolute atomic E-state index is 0.782. The Morgan fingerprint density at radius 1 is 0.467 bits per heavy atom. The van der Waals surface area contributed by atoms with E-state index in [1.54, 1.807) is 0 Å². The van der Waals surface area contributed by atoms with Crippen molar-refractivity contribution < 1.29 is 0 Å². The zero-order valence-corrected chi connectivity index (χ0v) is 19.8. The van der Waals surface area contributed by atoms with E-state index in [4.69, 9.17) is 15.0 Å². The van der Waals surface area contributed by atoms with Gasteiger partial charge in [-0.1, -0.05) is 47.8 Å².